The van der Waals surface area contributed by atoms with Gasteiger partial charge in [-0.3, -0.25) is 4.90 Å². The van der Waals surface area contributed by atoms with Gasteiger partial charge in [0.05, 0.1) is 24.9 Å². The van der Waals surface area contributed by atoms with Crippen molar-refractivity contribution >= 4 is 0 Å². The Balaban J connectivity index is 1.79. The first-order valence-corrected chi connectivity index (χ1v) is 9.44. The lowest BCUT2D eigenvalue weighted by Crippen LogP contribution is -2.71. The number of hydrogen-bond acceptors (Lipinski definition) is 4. The second-order valence-electron chi connectivity index (χ2n) is 6.86. The summed E-state index contributed by atoms with van der Waals surface area (Å²) in [7, 11) is 1.69. The number of fused-ring (bicyclic) bond motifs is 1. The smallest absolute Gasteiger partial charge is 0.147 e. The Kier molecular flexibility index (Phi) is 6.29. The van der Waals surface area contributed by atoms with E-state index >= 15 is 0 Å². The summed E-state index contributed by atoms with van der Waals surface area (Å²) in [4.78, 5) is 2.58. The molecular formula is C21H31NO3. The van der Waals surface area contributed by atoms with Gasteiger partial charge >= 0.3 is 0 Å². The number of ether oxygens (including phenoxy) is 3. The first-order chi connectivity index (χ1) is 12.3. The van der Waals surface area contributed by atoms with Gasteiger partial charge < -0.3 is 14.2 Å². The van der Waals surface area contributed by atoms with E-state index in [0.29, 0.717) is 31.8 Å². The molecule has 1 saturated carbocycles. The molecule has 4 heteroatoms. The molecule has 0 bridgehead atoms. The highest BCUT2D eigenvalue weighted by Crippen LogP contribution is 2.60. The molecule has 4 nitrogen and oxygen atoms in total. The van der Waals surface area contributed by atoms with E-state index in [4.69, 9.17) is 14.2 Å². The van der Waals surface area contributed by atoms with Crippen LogP contribution in [-0.2, 0) is 14.2 Å². The lowest BCUT2D eigenvalue weighted by atomic mass is 9.55. The predicted molar refractivity (Wildman–Crippen MR) is 99.7 cm³/mol. The maximum atomic E-state index is 6.33. The Morgan fingerprint density at radius 1 is 1.12 bits per heavy atom. The third-order valence-electron chi connectivity index (χ3n) is 5.87. The van der Waals surface area contributed by atoms with E-state index < -0.39 is 0 Å². The molecule has 0 aromatic heterocycles. The van der Waals surface area contributed by atoms with E-state index in [1.165, 1.54) is 5.56 Å². The normalized spacial score (nSPS) is 30.5. The van der Waals surface area contributed by atoms with E-state index in [1.807, 2.05) is 0 Å². The van der Waals surface area contributed by atoms with Crippen LogP contribution in [0.5, 0.6) is 0 Å². The minimum atomic E-state index is 0.0780. The highest BCUT2D eigenvalue weighted by molar-refractivity contribution is 5.39. The maximum absolute atomic E-state index is 6.33. The molecule has 4 unspecified atom stereocenters. The molecule has 0 saturated heterocycles. The highest BCUT2D eigenvalue weighted by atomic mass is 16.7. The van der Waals surface area contributed by atoms with Gasteiger partial charge in [0.1, 0.15) is 6.79 Å². The summed E-state index contributed by atoms with van der Waals surface area (Å²) < 4.78 is 17.0. The summed E-state index contributed by atoms with van der Waals surface area (Å²) in [5.74, 6) is 0.908. The molecule has 0 N–H and O–H groups in total. The van der Waals surface area contributed by atoms with Crippen molar-refractivity contribution in [1.29, 1.82) is 0 Å². The average Bonchev–Trinajstić information content (AvgIpc) is 3.00. The minimum Gasteiger partial charge on any atom is -0.382 e. The Morgan fingerprint density at radius 2 is 1.88 bits per heavy atom. The molecule has 0 heterocycles. The summed E-state index contributed by atoms with van der Waals surface area (Å²) in [5.41, 5.74) is 1.44. The maximum Gasteiger partial charge on any atom is 0.147 e. The SMILES string of the molecule is CCN(CC)C12CC=CC1C(c1ccccc1)C2OCOCCOC. The summed E-state index contributed by atoms with van der Waals surface area (Å²) in [6.07, 6.45) is 5.96. The van der Waals surface area contributed by atoms with Gasteiger partial charge in [0, 0.05) is 18.9 Å². The summed E-state index contributed by atoms with van der Waals surface area (Å²) >= 11 is 0. The van der Waals surface area contributed by atoms with Crippen LogP contribution in [0.2, 0.25) is 0 Å². The molecule has 1 aromatic rings. The topological polar surface area (TPSA) is 30.9 Å². The Bertz CT molecular complexity index is 558. The van der Waals surface area contributed by atoms with E-state index in [0.717, 1.165) is 19.5 Å². The highest BCUT2D eigenvalue weighted by Gasteiger charge is 2.65. The number of likely N-dealkylation sites (N-methyl/N-ethyl adjacent to an activating group) is 1. The van der Waals surface area contributed by atoms with Crippen molar-refractivity contribution in [2.24, 2.45) is 5.92 Å². The van der Waals surface area contributed by atoms with Crippen LogP contribution < -0.4 is 0 Å². The van der Waals surface area contributed by atoms with Crippen molar-refractivity contribution in [3.63, 3.8) is 0 Å². The zero-order chi connectivity index (χ0) is 17.7. The lowest BCUT2D eigenvalue weighted by Gasteiger charge is -2.62. The number of rotatable bonds is 10. The van der Waals surface area contributed by atoms with Crippen molar-refractivity contribution in [2.75, 3.05) is 40.2 Å². The van der Waals surface area contributed by atoms with Crippen LogP contribution in [0.1, 0.15) is 31.7 Å². The Hall–Kier alpha value is -1.20. The zero-order valence-electron chi connectivity index (χ0n) is 15.7. The van der Waals surface area contributed by atoms with Crippen LogP contribution in [0.15, 0.2) is 42.5 Å². The van der Waals surface area contributed by atoms with Crippen LogP contribution in [0.25, 0.3) is 0 Å². The minimum absolute atomic E-state index is 0.0780. The molecule has 1 aromatic carbocycles. The fraction of sp³-hybridized carbons (Fsp3) is 0.619. The zero-order valence-corrected chi connectivity index (χ0v) is 15.7. The van der Waals surface area contributed by atoms with Gasteiger partial charge in [0.25, 0.3) is 0 Å². The van der Waals surface area contributed by atoms with Crippen molar-refractivity contribution in [3.8, 4) is 0 Å². The Labute approximate surface area is 151 Å². The van der Waals surface area contributed by atoms with Crippen LogP contribution in [0, 0.1) is 5.92 Å². The van der Waals surface area contributed by atoms with Gasteiger partial charge in [-0.05, 0) is 25.1 Å². The molecule has 3 rings (SSSR count). The van der Waals surface area contributed by atoms with Gasteiger partial charge in [-0.1, -0.05) is 56.3 Å². The molecule has 2 aliphatic carbocycles. The second-order valence-corrected chi connectivity index (χ2v) is 6.86. The van der Waals surface area contributed by atoms with Crippen molar-refractivity contribution in [2.45, 2.75) is 37.8 Å². The number of nitrogens with zero attached hydrogens (tertiary/aromatic N) is 1. The van der Waals surface area contributed by atoms with Gasteiger partial charge in [0.2, 0.25) is 0 Å². The molecular weight excluding hydrogens is 314 g/mol. The van der Waals surface area contributed by atoms with E-state index in [-0.39, 0.29) is 11.6 Å². The number of hydrogen-bond donors (Lipinski definition) is 0. The largest absolute Gasteiger partial charge is 0.382 e. The molecule has 0 amide bonds. The van der Waals surface area contributed by atoms with E-state index in [2.05, 4.69) is 61.2 Å². The van der Waals surface area contributed by atoms with Gasteiger partial charge in [-0.15, -0.1) is 0 Å². The quantitative estimate of drug-likeness (QED) is 0.369. The van der Waals surface area contributed by atoms with Crippen LogP contribution in [0.4, 0.5) is 0 Å². The lowest BCUT2D eigenvalue weighted by molar-refractivity contribution is -0.212. The summed E-state index contributed by atoms with van der Waals surface area (Å²) in [6, 6.07) is 10.8. The molecule has 2 aliphatic rings. The molecule has 0 spiro atoms. The molecule has 1 fully saturated rings. The van der Waals surface area contributed by atoms with Gasteiger partial charge in [-0.2, -0.15) is 0 Å². The Morgan fingerprint density at radius 3 is 2.56 bits per heavy atom. The monoisotopic (exact) mass is 345 g/mol. The third kappa shape index (κ3) is 3.28. The molecule has 138 valence electrons. The van der Waals surface area contributed by atoms with Crippen LogP contribution in [-0.4, -0.2) is 56.7 Å². The number of benzene rings is 1. The fourth-order valence-electron chi connectivity index (χ4n) is 4.78. The van der Waals surface area contributed by atoms with E-state index in [9.17, 15) is 0 Å². The fourth-order valence-corrected chi connectivity index (χ4v) is 4.78. The van der Waals surface area contributed by atoms with Crippen LogP contribution in [0.3, 0.4) is 0 Å². The van der Waals surface area contributed by atoms with Crippen molar-refractivity contribution in [3.05, 3.63) is 48.0 Å². The van der Waals surface area contributed by atoms with Crippen molar-refractivity contribution in [1.82, 2.24) is 4.90 Å². The van der Waals surface area contributed by atoms with Gasteiger partial charge in [0.15, 0.2) is 0 Å². The second kappa shape index (κ2) is 8.45. The first kappa shape index (κ1) is 18.6. The third-order valence-corrected chi connectivity index (χ3v) is 5.87. The van der Waals surface area contributed by atoms with Crippen LogP contribution >= 0.6 is 0 Å². The molecule has 0 aliphatic heterocycles. The molecule has 25 heavy (non-hydrogen) atoms. The summed E-state index contributed by atoms with van der Waals surface area (Å²) in [6.45, 7) is 8.07. The predicted octanol–water partition coefficient (Wildman–Crippen LogP) is 3.45. The van der Waals surface area contributed by atoms with E-state index in [1.54, 1.807) is 7.11 Å². The standard InChI is InChI=1S/C21H31NO3/c1-4-22(5-2)21-13-9-12-18(21)19(17-10-7-6-8-11-17)20(21)25-16-24-15-14-23-3/h6-12,18-20H,4-5,13-16H2,1-3H3. The summed E-state index contributed by atoms with van der Waals surface area (Å²) in [5, 5.41) is 0. The van der Waals surface area contributed by atoms with Gasteiger partial charge in [-0.25, -0.2) is 0 Å². The number of methoxy groups -OCH3 is 1. The first-order valence-electron chi connectivity index (χ1n) is 9.44. The average molecular weight is 345 g/mol. The molecule has 0 radical (unpaired) electrons. The molecule has 4 atom stereocenters. The van der Waals surface area contributed by atoms with Crippen molar-refractivity contribution < 1.29 is 14.2 Å².